The fourth-order valence-corrected chi connectivity index (χ4v) is 3.51. The van der Waals surface area contributed by atoms with Gasteiger partial charge in [-0.05, 0) is 65.6 Å². The largest absolute Gasteiger partial charge is 0.492 e. The Balaban J connectivity index is 1.80. The molecule has 0 aliphatic heterocycles. The van der Waals surface area contributed by atoms with Crippen molar-refractivity contribution in [2.45, 2.75) is 51.9 Å². The highest BCUT2D eigenvalue weighted by Gasteiger charge is 2.21. The fourth-order valence-electron chi connectivity index (χ4n) is 2.88. The highest BCUT2D eigenvalue weighted by atomic mass is 79.9. The van der Waals surface area contributed by atoms with Crippen molar-refractivity contribution < 1.29 is 14.3 Å². The second kappa shape index (κ2) is 11.2. The van der Waals surface area contributed by atoms with Crippen LogP contribution < -0.4 is 20.9 Å². The minimum atomic E-state index is -0.361. The second-order valence-electron chi connectivity index (χ2n) is 6.58. The molecule has 2 rings (SSSR count). The van der Waals surface area contributed by atoms with Crippen molar-refractivity contribution in [3.63, 3.8) is 0 Å². The molecule has 1 aliphatic rings. The summed E-state index contributed by atoms with van der Waals surface area (Å²) in [5.41, 5.74) is 5.63. The summed E-state index contributed by atoms with van der Waals surface area (Å²) in [5.74, 6) is 0.268. The number of carbonyl (C=O) groups excluding carboxylic acids is 2. The predicted octanol–water partition coefficient (Wildman–Crippen LogP) is 3.84. The van der Waals surface area contributed by atoms with Crippen LogP contribution in [0.3, 0.4) is 0 Å². The Morgan fingerprint density at radius 1 is 1.22 bits per heavy atom. The first-order chi connectivity index (χ1) is 13.0. The summed E-state index contributed by atoms with van der Waals surface area (Å²) in [6.45, 7) is 2.73. The molecule has 8 heteroatoms. The van der Waals surface area contributed by atoms with Gasteiger partial charge in [-0.25, -0.2) is 0 Å². The van der Waals surface area contributed by atoms with Crippen LogP contribution in [0.2, 0.25) is 0 Å². The van der Waals surface area contributed by atoms with E-state index in [-0.39, 0.29) is 22.8 Å². The number of unbranched alkanes of at least 4 members (excludes halogenated alkanes) is 1. The molecular weight excluding hydrogens is 430 g/mol. The number of ether oxygens (including phenoxy) is 1. The van der Waals surface area contributed by atoms with Crippen molar-refractivity contribution in [1.82, 2.24) is 16.2 Å². The van der Waals surface area contributed by atoms with Gasteiger partial charge in [0, 0.05) is 11.5 Å². The number of nitrogens with one attached hydrogen (secondary N) is 3. The summed E-state index contributed by atoms with van der Waals surface area (Å²) >= 11 is 8.50. The molecule has 0 atom stereocenters. The van der Waals surface area contributed by atoms with E-state index in [9.17, 15) is 9.59 Å². The fraction of sp³-hybridized carbons (Fsp3) is 0.526. The van der Waals surface area contributed by atoms with Crippen LogP contribution in [0.25, 0.3) is 0 Å². The summed E-state index contributed by atoms with van der Waals surface area (Å²) in [7, 11) is 0. The summed E-state index contributed by atoms with van der Waals surface area (Å²) in [6.07, 6.45) is 7.16. The van der Waals surface area contributed by atoms with E-state index in [1.807, 2.05) is 0 Å². The molecule has 0 aromatic heterocycles. The maximum atomic E-state index is 12.3. The maximum absolute atomic E-state index is 12.3. The molecule has 6 nitrogen and oxygen atoms in total. The molecule has 1 aromatic rings. The highest BCUT2D eigenvalue weighted by Crippen LogP contribution is 2.26. The zero-order valence-electron chi connectivity index (χ0n) is 15.5. The zero-order valence-corrected chi connectivity index (χ0v) is 17.9. The van der Waals surface area contributed by atoms with Crippen LogP contribution in [0.4, 0.5) is 0 Å². The Bertz CT molecular complexity index is 678. The monoisotopic (exact) mass is 455 g/mol. The lowest BCUT2D eigenvalue weighted by Gasteiger charge is -2.21. The first-order valence-electron chi connectivity index (χ1n) is 9.34. The van der Waals surface area contributed by atoms with Gasteiger partial charge in [0.2, 0.25) is 5.91 Å². The maximum Gasteiger partial charge on any atom is 0.257 e. The third kappa shape index (κ3) is 7.10. The summed E-state index contributed by atoms with van der Waals surface area (Å²) in [6, 6.07) is 5.10. The van der Waals surface area contributed by atoms with E-state index >= 15 is 0 Å². The molecule has 0 unspecified atom stereocenters. The predicted molar refractivity (Wildman–Crippen MR) is 112 cm³/mol. The van der Waals surface area contributed by atoms with Gasteiger partial charge in [0.1, 0.15) is 5.75 Å². The van der Waals surface area contributed by atoms with Gasteiger partial charge in [-0.15, -0.1) is 0 Å². The number of thiocarbonyl (C=S) groups is 1. The molecule has 3 N–H and O–H groups in total. The summed E-state index contributed by atoms with van der Waals surface area (Å²) in [4.78, 5) is 24.4. The van der Waals surface area contributed by atoms with Crippen LogP contribution in [-0.4, -0.2) is 23.5 Å². The number of benzene rings is 1. The minimum absolute atomic E-state index is 0.0148. The molecule has 0 saturated heterocycles. The Morgan fingerprint density at radius 2 is 1.96 bits per heavy atom. The summed E-state index contributed by atoms with van der Waals surface area (Å²) in [5, 5.41) is 2.62. The van der Waals surface area contributed by atoms with Gasteiger partial charge >= 0.3 is 0 Å². The number of hydrazine groups is 1. The van der Waals surface area contributed by atoms with Gasteiger partial charge in [-0.2, -0.15) is 0 Å². The molecule has 0 bridgehead atoms. The molecule has 1 fully saturated rings. The van der Waals surface area contributed by atoms with E-state index < -0.39 is 0 Å². The van der Waals surface area contributed by atoms with Gasteiger partial charge in [-0.1, -0.05) is 32.6 Å². The number of halogens is 1. The molecule has 1 saturated carbocycles. The van der Waals surface area contributed by atoms with Gasteiger partial charge in [0.05, 0.1) is 11.1 Å². The molecule has 27 heavy (non-hydrogen) atoms. The van der Waals surface area contributed by atoms with Crippen molar-refractivity contribution in [2.75, 3.05) is 6.61 Å². The molecule has 148 valence electrons. The van der Waals surface area contributed by atoms with E-state index in [0.29, 0.717) is 22.4 Å². The lowest BCUT2D eigenvalue weighted by atomic mass is 9.89. The molecule has 0 spiro atoms. The average Bonchev–Trinajstić information content (AvgIpc) is 2.68. The third-order valence-electron chi connectivity index (χ3n) is 4.45. The molecule has 0 heterocycles. The highest BCUT2D eigenvalue weighted by molar-refractivity contribution is 9.10. The van der Waals surface area contributed by atoms with Crippen molar-refractivity contribution in [3.05, 3.63) is 28.2 Å². The number of hydrogen-bond donors (Lipinski definition) is 3. The van der Waals surface area contributed by atoms with Crippen molar-refractivity contribution in [2.24, 2.45) is 5.92 Å². The van der Waals surface area contributed by atoms with Crippen LogP contribution in [0.1, 0.15) is 62.2 Å². The molecule has 1 aliphatic carbocycles. The Kier molecular flexibility index (Phi) is 9.00. The van der Waals surface area contributed by atoms with E-state index in [4.69, 9.17) is 17.0 Å². The van der Waals surface area contributed by atoms with Crippen molar-refractivity contribution in [1.29, 1.82) is 0 Å². The SMILES string of the molecule is CCCCOc1ccc(C(=O)NC(=S)NNC(=O)C2CCCCC2)cc1Br. The van der Waals surface area contributed by atoms with Crippen LogP contribution >= 0.6 is 28.1 Å². The van der Waals surface area contributed by atoms with Gasteiger partial charge in [0.15, 0.2) is 5.11 Å². The van der Waals surface area contributed by atoms with Crippen LogP contribution in [0, 0.1) is 5.92 Å². The van der Waals surface area contributed by atoms with E-state index in [1.165, 1.54) is 6.42 Å². The number of amides is 2. The third-order valence-corrected chi connectivity index (χ3v) is 5.28. The van der Waals surface area contributed by atoms with Crippen molar-refractivity contribution in [3.8, 4) is 5.75 Å². The van der Waals surface area contributed by atoms with E-state index in [1.54, 1.807) is 18.2 Å². The van der Waals surface area contributed by atoms with Crippen LogP contribution in [0.5, 0.6) is 5.75 Å². The minimum Gasteiger partial charge on any atom is -0.492 e. The van der Waals surface area contributed by atoms with Crippen LogP contribution in [0.15, 0.2) is 22.7 Å². The summed E-state index contributed by atoms with van der Waals surface area (Å²) < 4.78 is 6.36. The molecule has 0 radical (unpaired) electrons. The number of rotatable bonds is 6. The first-order valence-corrected chi connectivity index (χ1v) is 10.5. The number of hydrogen-bond acceptors (Lipinski definition) is 4. The molecular formula is C19H26BrN3O3S. The van der Waals surface area contributed by atoms with Gasteiger partial charge < -0.3 is 4.74 Å². The quantitative estimate of drug-likeness (QED) is 0.344. The first kappa shape index (κ1) is 21.6. The standard InChI is InChI=1S/C19H26BrN3O3S/c1-2-3-11-26-16-10-9-14(12-15(16)20)17(24)21-19(27)23-22-18(25)13-7-5-4-6-8-13/h9-10,12-13H,2-8,11H2,1H3,(H,22,25)(H2,21,23,24,27). The Hall–Kier alpha value is -1.67. The van der Waals surface area contributed by atoms with E-state index in [2.05, 4.69) is 39.0 Å². The zero-order chi connectivity index (χ0) is 19.6. The Morgan fingerprint density at radius 3 is 2.63 bits per heavy atom. The molecule has 2 amide bonds. The lowest BCUT2D eigenvalue weighted by molar-refractivity contribution is -0.126. The van der Waals surface area contributed by atoms with Crippen LogP contribution in [-0.2, 0) is 4.79 Å². The lowest BCUT2D eigenvalue weighted by Crippen LogP contribution is -2.50. The van der Waals surface area contributed by atoms with Crippen molar-refractivity contribution >= 4 is 45.1 Å². The molecule has 1 aromatic carbocycles. The Labute approximate surface area is 173 Å². The topological polar surface area (TPSA) is 79.5 Å². The average molecular weight is 456 g/mol. The van der Waals surface area contributed by atoms with E-state index in [0.717, 1.165) is 38.5 Å². The second-order valence-corrected chi connectivity index (χ2v) is 7.84. The normalized spacial score (nSPS) is 14.3. The van der Waals surface area contributed by atoms with Gasteiger partial charge in [0.25, 0.3) is 5.91 Å². The van der Waals surface area contributed by atoms with Gasteiger partial charge in [-0.3, -0.25) is 25.8 Å². The smallest absolute Gasteiger partial charge is 0.257 e. The number of carbonyl (C=O) groups is 2.